The van der Waals surface area contributed by atoms with Crippen LogP contribution in [0, 0.1) is 23.2 Å². The van der Waals surface area contributed by atoms with E-state index in [9.17, 15) is 0 Å². The summed E-state index contributed by atoms with van der Waals surface area (Å²) in [4.78, 5) is 2.42. The fourth-order valence-electron chi connectivity index (χ4n) is 5.64. The summed E-state index contributed by atoms with van der Waals surface area (Å²) in [6.45, 7) is 3.23. The van der Waals surface area contributed by atoms with Gasteiger partial charge < -0.3 is 10.6 Å². The summed E-state index contributed by atoms with van der Waals surface area (Å²) in [7, 11) is 4.46. The largest absolute Gasteiger partial charge is 0.329 e. The molecule has 0 aromatic rings. The minimum absolute atomic E-state index is 0.211. The van der Waals surface area contributed by atoms with Crippen molar-refractivity contribution < 1.29 is 0 Å². The Labute approximate surface area is 106 Å². The van der Waals surface area contributed by atoms with Crippen molar-refractivity contribution in [2.45, 2.75) is 51.0 Å². The number of hydrogen-bond donors (Lipinski definition) is 1. The number of hydrogen-bond acceptors (Lipinski definition) is 2. The van der Waals surface area contributed by atoms with Gasteiger partial charge in [-0.1, -0.05) is 0 Å². The normalized spacial score (nSPS) is 47.5. The Morgan fingerprint density at radius 3 is 1.76 bits per heavy atom. The van der Waals surface area contributed by atoms with Crippen LogP contribution in [0.1, 0.15) is 45.4 Å². The Kier molecular flexibility index (Phi) is 2.61. The van der Waals surface area contributed by atoms with Gasteiger partial charge in [-0.25, -0.2) is 0 Å². The average molecular weight is 236 g/mol. The molecule has 4 saturated carbocycles. The van der Waals surface area contributed by atoms with Crippen molar-refractivity contribution in [3.8, 4) is 0 Å². The van der Waals surface area contributed by atoms with Gasteiger partial charge in [-0.05, 0) is 82.7 Å². The molecule has 2 heteroatoms. The maximum atomic E-state index is 6.19. The van der Waals surface area contributed by atoms with Gasteiger partial charge in [-0.15, -0.1) is 0 Å². The standard InChI is InChI=1S/C15H28N2/c1-14(10-16,17(2)3)15-7-11-4-12(8-15)6-13(5-11)9-15/h11-13H,4-10,16H2,1-3H3. The van der Waals surface area contributed by atoms with E-state index in [1.807, 2.05) is 0 Å². The van der Waals surface area contributed by atoms with Crippen LogP contribution in [0.3, 0.4) is 0 Å². The van der Waals surface area contributed by atoms with E-state index in [2.05, 4.69) is 25.9 Å². The third-order valence-electron chi connectivity index (χ3n) is 6.57. The first kappa shape index (κ1) is 12.0. The highest BCUT2D eigenvalue weighted by Crippen LogP contribution is 2.64. The number of rotatable bonds is 3. The fraction of sp³-hybridized carbons (Fsp3) is 1.00. The topological polar surface area (TPSA) is 29.3 Å². The van der Waals surface area contributed by atoms with Crippen LogP contribution in [0.2, 0.25) is 0 Å². The lowest BCUT2D eigenvalue weighted by molar-refractivity contribution is -0.129. The summed E-state index contributed by atoms with van der Waals surface area (Å²) in [5.74, 6) is 3.06. The molecule has 4 aliphatic rings. The molecule has 0 saturated heterocycles. The summed E-state index contributed by atoms with van der Waals surface area (Å²) in [5.41, 5.74) is 6.93. The minimum Gasteiger partial charge on any atom is -0.329 e. The Morgan fingerprint density at radius 2 is 1.47 bits per heavy atom. The lowest BCUT2D eigenvalue weighted by atomic mass is 9.44. The first-order valence-corrected chi connectivity index (χ1v) is 7.36. The van der Waals surface area contributed by atoms with Crippen molar-refractivity contribution in [3.05, 3.63) is 0 Å². The van der Waals surface area contributed by atoms with Gasteiger partial charge >= 0.3 is 0 Å². The van der Waals surface area contributed by atoms with E-state index in [-0.39, 0.29) is 5.54 Å². The van der Waals surface area contributed by atoms with Crippen LogP contribution in [0.4, 0.5) is 0 Å². The van der Waals surface area contributed by atoms with E-state index in [1.165, 1.54) is 38.5 Å². The molecule has 4 aliphatic carbocycles. The van der Waals surface area contributed by atoms with Crippen LogP contribution in [-0.2, 0) is 0 Å². The smallest absolute Gasteiger partial charge is 0.0353 e. The first-order chi connectivity index (χ1) is 7.99. The second-order valence-corrected chi connectivity index (χ2v) is 7.57. The average Bonchev–Trinajstić information content (AvgIpc) is 2.25. The second-order valence-electron chi connectivity index (χ2n) is 7.57. The van der Waals surface area contributed by atoms with Crippen LogP contribution >= 0.6 is 0 Å². The maximum absolute atomic E-state index is 6.19. The maximum Gasteiger partial charge on any atom is 0.0353 e. The highest BCUT2D eigenvalue weighted by molar-refractivity contribution is 5.12. The number of nitrogens with zero attached hydrogens (tertiary/aromatic N) is 1. The Bertz CT molecular complexity index is 275. The summed E-state index contributed by atoms with van der Waals surface area (Å²) >= 11 is 0. The van der Waals surface area contributed by atoms with Gasteiger partial charge in [-0.2, -0.15) is 0 Å². The molecular weight excluding hydrogens is 208 g/mol. The van der Waals surface area contributed by atoms with Crippen molar-refractivity contribution in [1.29, 1.82) is 0 Å². The first-order valence-electron chi connectivity index (χ1n) is 7.36. The summed E-state index contributed by atoms with van der Waals surface area (Å²) in [5, 5.41) is 0. The predicted octanol–water partition coefficient (Wildman–Crippen LogP) is 2.48. The van der Waals surface area contributed by atoms with E-state index in [0.29, 0.717) is 5.41 Å². The number of likely N-dealkylation sites (N-methyl/N-ethyl adjacent to an activating group) is 1. The monoisotopic (exact) mass is 236 g/mol. The molecule has 0 radical (unpaired) electrons. The van der Waals surface area contributed by atoms with Crippen LogP contribution in [-0.4, -0.2) is 31.1 Å². The van der Waals surface area contributed by atoms with E-state index < -0.39 is 0 Å². The molecule has 2 N–H and O–H groups in total. The molecule has 98 valence electrons. The second kappa shape index (κ2) is 3.71. The molecule has 4 fully saturated rings. The zero-order chi connectivity index (χ0) is 12.3. The lowest BCUT2D eigenvalue weighted by Crippen LogP contribution is -2.65. The molecule has 17 heavy (non-hydrogen) atoms. The van der Waals surface area contributed by atoms with Crippen molar-refractivity contribution in [2.75, 3.05) is 20.6 Å². The van der Waals surface area contributed by atoms with Crippen LogP contribution in [0.5, 0.6) is 0 Å². The van der Waals surface area contributed by atoms with Crippen molar-refractivity contribution in [2.24, 2.45) is 28.9 Å². The molecule has 1 atom stereocenters. The molecule has 4 bridgehead atoms. The molecule has 0 spiro atoms. The molecule has 4 rings (SSSR count). The lowest BCUT2D eigenvalue weighted by Gasteiger charge is -2.64. The highest BCUT2D eigenvalue weighted by Gasteiger charge is 2.58. The molecule has 0 amide bonds. The quantitative estimate of drug-likeness (QED) is 0.815. The van der Waals surface area contributed by atoms with Gasteiger partial charge in [-0.3, -0.25) is 0 Å². The fourth-order valence-corrected chi connectivity index (χ4v) is 5.64. The molecule has 0 heterocycles. The van der Waals surface area contributed by atoms with E-state index in [1.54, 1.807) is 0 Å². The third-order valence-corrected chi connectivity index (χ3v) is 6.57. The van der Waals surface area contributed by atoms with Crippen molar-refractivity contribution >= 4 is 0 Å². The van der Waals surface area contributed by atoms with Gasteiger partial charge in [0.25, 0.3) is 0 Å². The zero-order valence-corrected chi connectivity index (χ0v) is 11.7. The predicted molar refractivity (Wildman–Crippen MR) is 71.8 cm³/mol. The van der Waals surface area contributed by atoms with Crippen molar-refractivity contribution in [3.63, 3.8) is 0 Å². The van der Waals surface area contributed by atoms with Gasteiger partial charge in [0.15, 0.2) is 0 Å². The molecule has 2 nitrogen and oxygen atoms in total. The Morgan fingerprint density at radius 1 is 1.06 bits per heavy atom. The van der Waals surface area contributed by atoms with Gasteiger partial charge in [0.1, 0.15) is 0 Å². The molecule has 0 aromatic heterocycles. The molecule has 0 aromatic carbocycles. The van der Waals surface area contributed by atoms with Crippen molar-refractivity contribution in [1.82, 2.24) is 4.90 Å². The summed E-state index contributed by atoms with van der Waals surface area (Å²) in [6.07, 6.45) is 8.91. The molecular formula is C15H28N2. The number of nitrogens with two attached hydrogens (primary N) is 1. The van der Waals surface area contributed by atoms with Gasteiger partial charge in [0.2, 0.25) is 0 Å². The highest BCUT2D eigenvalue weighted by atomic mass is 15.2. The van der Waals surface area contributed by atoms with E-state index in [4.69, 9.17) is 5.73 Å². The SMILES string of the molecule is CN(C)C(C)(CN)C12CC3CC(CC(C3)C1)C2. The van der Waals surface area contributed by atoms with Crippen LogP contribution in [0.25, 0.3) is 0 Å². The van der Waals surface area contributed by atoms with E-state index in [0.717, 1.165) is 24.3 Å². The Balaban J connectivity index is 1.95. The molecule has 1 unspecified atom stereocenters. The van der Waals surface area contributed by atoms with E-state index >= 15 is 0 Å². The van der Waals surface area contributed by atoms with Gasteiger partial charge in [0, 0.05) is 12.1 Å². The van der Waals surface area contributed by atoms with Gasteiger partial charge in [0.05, 0.1) is 0 Å². The minimum atomic E-state index is 0.211. The zero-order valence-electron chi connectivity index (χ0n) is 11.7. The molecule has 0 aliphatic heterocycles. The van der Waals surface area contributed by atoms with Crippen LogP contribution < -0.4 is 5.73 Å². The Hall–Kier alpha value is -0.0800. The summed E-state index contributed by atoms with van der Waals surface area (Å²) in [6, 6.07) is 0. The summed E-state index contributed by atoms with van der Waals surface area (Å²) < 4.78 is 0. The van der Waals surface area contributed by atoms with Crippen LogP contribution in [0.15, 0.2) is 0 Å². The third kappa shape index (κ3) is 1.53.